The first-order valence-electron chi connectivity index (χ1n) is 7.68. The van der Waals surface area contributed by atoms with Gasteiger partial charge in [-0.25, -0.2) is 4.39 Å². The summed E-state index contributed by atoms with van der Waals surface area (Å²) in [6, 6.07) is 11.2. The van der Waals surface area contributed by atoms with E-state index >= 15 is 0 Å². The van der Waals surface area contributed by atoms with E-state index in [9.17, 15) is 4.39 Å². The number of ether oxygens (including phenoxy) is 1. The van der Waals surface area contributed by atoms with Crippen molar-refractivity contribution in [3.05, 3.63) is 58.9 Å². The maximum absolute atomic E-state index is 13.7. The molecule has 1 aromatic heterocycles. The fraction of sp³-hybridized carbons (Fsp3) is 0.222. The van der Waals surface area contributed by atoms with Gasteiger partial charge in [0.05, 0.1) is 7.11 Å². The van der Waals surface area contributed by atoms with Crippen molar-refractivity contribution < 1.29 is 9.13 Å². The second-order valence-electron chi connectivity index (χ2n) is 5.55. The normalized spacial score (nSPS) is 10.7. The molecule has 3 aromatic rings. The maximum Gasteiger partial charge on any atom is 0.210 e. The van der Waals surface area contributed by atoms with Crippen molar-refractivity contribution in [2.75, 3.05) is 12.4 Å². The number of aryl methyl sites for hydroxylation is 2. The summed E-state index contributed by atoms with van der Waals surface area (Å²) in [6.45, 7) is 4.16. The first-order valence-corrected chi connectivity index (χ1v) is 9.48. The lowest BCUT2D eigenvalue weighted by molar-refractivity contribution is 0.386. The molecule has 0 bridgehead atoms. The van der Waals surface area contributed by atoms with E-state index < -0.39 is 0 Å². The largest absolute Gasteiger partial charge is 0.494 e. The molecular formula is C18H18FN3OS2. The van der Waals surface area contributed by atoms with Crippen LogP contribution >= 0.6 is 23.1 Å². The number of anilines is 2. The Morgan fingerprint density at radius 3 is 2.68 bits per heavy atom. The molecule has 0 unspecified atom stereocenters. The van der Waals surface area contributed by atoms with Crippen molar-refractivity contribution in [2.45, 2.75) is 23.9 Å². The number of rotatable bonds is 6. The molecule has 3 rings (SSSR count). The Bertz CT molecular complexity index is 883. The van der Waals surface area contributed by atoms with E-state index in [4.69, 9.17) is 4.74 Å². The van der Waals surface area contributed by atoms with Crippen LogP contribution in [0.1, 0.15) is 16.7 Å². The van der Waals surface area contributed by atoms with Gasteiger partial charge < -0.3 is 10.1 Å². The maximum atomic E-state index is 13.7. The third-order valence-corrected chi connectivity index (χ3v) is 5.79. The first kappa shape index (κ1) is 17.7. The lowest BCUT2D eigenvalue weighted by Gasteiger charge is -2.05. The second kappa shape index (κ2) is 7.84. The van der Waals surface area contributed by atoms with E-state index in [1.165, 1.54) is 47.4 Å². The molecule has 130 valence electrons. The van der Waals surface area contributed by atoms with Gasteiger partial charge in [0, 0.05) is 11.4 Å². The minimum absolute atomic E-state index is 0.254. The van der Waals surface area contributed by atoms with Crippen molar-refractivity contribution in [3.8, 4) is 5.75 Å². The molecule has 0 amide bonds. The lowest BCUT2D eigenvalue weighted by Crippen LogP contribution is -1.91. The number of methoxy groups -OCH3 is 1. The number of hydrogen-bond acceptors (Lipinski definition) is 6. The van der Waals surface area contributed by atoms with Crippen LogP contribution in [0.15, 0.2) is 40.7 Å². The van der Waals surface area contributed by atoms with Crippen LogP contribution in [-0.4, -0.2) is 17.3 Å². The van der Waals surface area contributed by atoms with E-state index in [0.717, 1.165) is 20.7 Å². The standard InChI is InChI=1S/C18H18FN3OS2/c1-11-4-6-14(8-12(11)2)20-17-21-22-18(25-17)24-10-13-5-7-16(23-3)15(19)9-13/h4-9H,10H2,1-3H3,(H,20,21). The van der Waals surface area contributed by atoms with E-state index in [0.29, 0.717) is 5.75 Å². The molecule has 0 fully saturated rings. The summed E-state index contributed by atoms with van der Waals surface area (Å²) in [7, 11) is 1.46. The van der Waals surface area contributed by atoms with Gasteiger partial charge in [-0.05, 0) is 54.8 Å². The van der Waals surface area contributed by atoms with Crippen LogP contribution in [0.2, 0.25) is 0 Å². The Hall–Kier alpha value is -2.12. The molecule has 2 aromatic carbocycles. The quantitative estimate of drug-likeness (QED) is 0.589. The number of aromatic nitrogens is 2. The Kier molecular flexibility index (Phi) is 5.55. The number of nitrogens with one attached hydrogen (secondary N) is 1. The molecule has 0 saturated carbocycles. The number of hydrogen-bond donors (Lipinski definition) is 1. The average molecular weight is 375 g/mol. The molecule has 0 aliphatic carbocycles. The van der Waals surface area contributed by atoms with E-state index in [2.05, 4.69) is 41.5 Å². The predicted molar refractivity (Wildman–Crippen MR) is 102 cm³/mol. The van der Waals surface area contributed by atoms with Gasteiger partial charge >= 0.3 is 0 Å². The van der Waals surface area contributed by atoms with Crippen LogP contribution in [0.5, 0.6) is 5.75 Å². The number of thioether (sulfide) groups is 1. The summed E-state index contributed by atoms with van der Waals surface area (Å²) in [6.07, 6.45) is 0. The minimum atomic E-state index is -0.352. The number of nitrogens with zero attached hydrogens (tertiary/aromatic N) is 2. The first-order chi connectivity index (χ1) is 12.0. The fourth-order valence-electron chi connectivity index (χ4n) is 2.21. The summed E-state index contributed by atoms with van der Waals surface area (Å²) >= 11 is 3.01. The molecule has 1 N–H and O–H groups in total. The van der Waals surface area contributed by atoms with Crippen LogP contribution in [0, 0.1) is 19.7 Å². The van der Waals surface area contributed by atoms with Gasteiger partial charge in [0.25, 0.3) is 0 Å². The molecule has 0 radical (unpaired) electrons. The van der Waals surface area contributed by atoms with Crippen molar-refractivity contribution in [3.63, 3.8) is 0 Å². The monoisotopic (exact) mass is 375 g/mol. The molecule has 7 heteroatoms. The zero-order valence-electron chi connectivity index (χ0n) is 14.2. The highest BCUT2D eigenvalue weighted by atomic mass is 32.2. The lowest BCUT2D eigenvalue weighted by atomic mass is 10.1. The minimum Gasteiger partial charge on any atom is -0.494 e. The van der Waals surface area contributed by atoms with Gasteiger partial charge in [-0.15, -0.1) is 10.2 Å². The molecule has 4 nitrogen and oxygen atoms in total. The Morgan fingerprint density at radius 1 is 1.12 bits per heavy atom. The van der Waals surface area contributed by atoms with Gasteiger partial charge in [0.15, 0.2) is 15.9 Å². The Balaban J connectivity index is 1.61. The predicted octanol–water partition coefficient (Wildman–Crippen LogP) is 5.34. The van der Waals surface area contributed by atoms with E-state index in [1.54, 1.807) is 6.07 Å². The summed E-state index contributed by atoms with van der Waals surface area (Å²) in [5, 5.41) is 12.3. The van der Waals surface area contributed by atoms with Crippen LogP contribution < -0.4 is 10.1 Å². The fourth-order valence-corrected chi connectivity index (χ4v) is 3.92. The second-order valence-corrected chi connectivity index (χ2v) is 7.75. The molecule has 0 spiro atoms. The summed E-state index contributed by atoms with van der Waals surface area (Å²) in [4.78, 5) is 0. The van der Waals surface area contributed by atoms with Crippen LogP contribution in [0.3, 0.4) is 0 Å². The van der Waals surface area contributed by atoms with Gasteiger partial charge in [0.2, 0.25) is 5.13 Å². The zero-order valence-corrected chi connectivity index (χ0v) is 15.8. The van der Waals surface area contributed by atoms with Crippen LogP contribution in [-0.2, 0) is 5.75 Å². The Morgan fingerprint density at radius 2 is 1.96 bits per heavy atom. The number of halogens is 1. The molecule has 0 aliphatic heterocycles. The topological polar surface area (TPSA) is 47.0 Å². The highest BCUT2D eigenvalue weighted by Crippen LogP contribution is 2.31. The van der Waals surface area contributed by atoms with Gasteiger partial charge in [-0.2, -0.15) is 0 Å². The van der Waals surface area contributed by atoms with Crippen LogP contribution in [0.4, 0.5) is 15.2 Å². The van der Waals surface area contributed by atoms with Crippen molar-refractivity contribution >= 4 is 33.9 Å². The number of benzene rings is 2. The zero-order chi connectivity index (χ0) is 17.8. The van der Waals surface area contributed by atoms with Gasteiger partial charge in [-0.1, -0.05) is 35.2 Å². The van der Waals surface area contributed by atoms with E-state index in [1.807, 2.05) is 12.1 Å². The molecule has 25 heavy (non-hydrogen) atoms. The van der Waals surface area contributed by atoms with Crippen molar-refractivity contribution in [1.82, 2.24) is 10.2 Å². The van der Waals surface area contributed by atoms with Gasteiger partial charge in [0.1, 0.15) is 0 Å². The smallest absolute Gasteiger partial charge is 0.210 e. The highest BCUT2D eigenvalue weighted by molar-refractivity contribution is 8.00. The Labute approximate surface area is 154 Å². The third kappa shape index (κ3) is 4.49. The average Bonchev–Trinajstić information content (AvgIpc) is 3.04. The van der Waals surface area contributed by atoms with Crippen LogP contribution in [0.25, 0.3) is 0 Å². The highest BCUT2D eigenvalue weighted by Gasteiger charge is 2.08. The van der Waals surface area contributed by atoms with Crippen molar-refractivity contribution in [1.29, 1.82) is 0 Å². The van der Waals surface area contributed by atoms with Gasteiger partial charge in [-0.3, -0.25) is 0 Å². The summed E-state index contributed by atoms with van der Waals surface area (Å²) in [5.41, 5.74) is 4.35. The molecule has 0 aliphatic rings. The molecule has 0 saturated heterocycles. The molecular weight excluding hydrogens is 357 g/mol. The summed E-state index contributed by atoms with van der Waals surface area (Å²) < 4.78 is 19.5. The molecule has 1 heterocycles. The third-order valence-electron chi connectivity index (χ3n) is 3.74. The van der Waals surface area contributed by atoms with Crippen molar-refractivity contribution in [2.24, 2.45) is 0 Å². The summed E-state index contributed by atoms with van der Waals surface area (Å²) in [5.74, 6) is 0.527. The SMILES string of the molecule is COc1ccc(CSc2nnc(Nc3ccc(C)c(C)c3)s2)cc1F. The molecule has 0 atom stereocenters. The van der Waals surface area contributed by atoms with E-state index in [-0.39, 0.29) is 11.6 Å².